The first-order valence-corrected chi connectivity index (χ1v) is 12.6. The van der Waals surface area contributed by atoms with E-state index in [1.54, 1.807) is 24.3 Å². The van der Waals surface area contributed by atoms with Crippen LogP contribution >= 0.6 is 11.3 Å². The number of aryl methyl sites for hydroxylation is 1. The zero-order valence-electron chi connectivity index (χ0n) is 21.3. The topological polar surface area (TPSA) is 135 Å². The lowest BCUT2D eigenvalue weighted by molar-refractivity contribution is 0.112. The number of amides is 1. The molecule has 2 aromatic carbocycles. The van der Waals surface area contributed by atoms with Crippen LogP contribution < -0.4 is 19.5 Å². The third-order valence-corrected chi connectivity index (χ3v) is 6.69. The maximum atomic E-state index is 12.0. The molecule has 3 aromatic heterocycles. The minimum absolute atomic E-state index is 0.0487. The Hall–Kier alpha value is -4.84. The van der Waals surface area contributed by atoms with E-state index in [9.17, 15) is 9.59 Å². The molecule has 5 rings (SSSR count). The number of rotatable bonds is 9. The van der Waals surface area contributed by atoms with Crippen molar-refractivity contribution in [2.75, 3.05) is 32.8 Å². The molecule has 0 aliphatic carbocycles. The Balaban J connectivity index is 1.29. The van der Waals surface area contributed by atoms with E-state index < -0.39 is 6.09 Å². The van der Waals surface area contributed by atoms with E-state index in [1.807, 2.05) is 19.1 Å². The average Bonchev–Trinajstić information content (AvgIpc) is 3.39. The van der Waals surface area contributed by atoms with Crippen LogP contribution in [0.1, 0.15) is 15.9 Å². The van der Waals surface area contributed by atoms with Crippen LogP contribution in [0.25, 0.3) is 31.8 Å². The van der Waals surface area contributed by atoms with Gasteiger partial charge >= 0.3 is 6.09 Å². The van der Waals surface area contributed by atoms with Crippen LogP contribution in [-0.2, 0) is 4.74 Å². The second-order valence-corrected chi connectivity index (χ2v) is 9.30. The van der Waals surface area contributed by atoms with Crippen LogP contribution in [0.4, 0.5) is 10.5 Å². The minimum Gasteiger partial charge on any atom is -0.490 e. The van der Waals surface area contributed by atoms with Crippen molar-refractivity contribution in [3.63, 3.8) is 0 Å². The Morgan fingerprint density at radius 3 is 2.56 bits per heavy atom. The van der Waals surface area contributed by atoms with Gasteiger partial charge in [-0.15, -0.1) is 11.3 Å². The maximum absolute atomic E-state index is 12.0. The number of aromatic nitrogens is 4. The van der Waals surface area contributed by atoms with E-state index in [4.69, 9.17) is 23.9 Å². The number of anilines is 1. The van der Waals surface area contributed by atoms with Gasteiger partial charge in [0.25, 0.3) is 0 Å². The van der Waals surface area contributed by atoms with Crippen LogP contribution in [0, 0.1) is 6.92 Å². The standard InChI is InChI=1S/C27H23N5O6S/c1-15-8-18(37-6-7-38-27(34)30-17-4-5-22(35-2)28-12-17)11-21-24(15)32-26(39-21)19-9-16(14-33)10-20-25(19)29-13-23(31-20)36-3/h4-5,8-14H,6-7H2,1-3H3,(H,30,34). The maximum Gasteiger partial charge on any atom is 0.411 e. The Labute approximate surface area is 226 Å². The molecule has 198 valence electrons. The molecule has 0 aliphatic rings. The van der Waals surface area contributed by atoms with E-state index >= 15 is 0 Å². The number of benzene rings is 2. The first kappa shape index (κ1) is 25.8. The molecule has 0 atom stereocenters. The van der Waals surface area contributed by atoms with Gasteiger partial charge in [0.05, 0.1) is 53.6 Å². The first-order chi connectivity index (χ1) is 19.0. The van der Waals surface area contributed by atoms with Crippen molar-refractivity contribution >= 4 is 50.7 Å². The molecular weight excluding hydrogens is 522 g/mol. The van der Waals surface area contributed by atoms with Crippen LogP contribution in [0.2, 0.25) is 0 Å². The summed E-state index contributed by atoms with van der Waals surface area (Å²) in [6.45, 7) is 2.15. The lowest BCUT2D eigenvalue weighted by Crippen LogP contribution is -2.17. The molecule has 0 fully saturated rings. The normalized spacial score (nSPS) is 10.8. The van der Waals surface area contributed by atoms with Gasteiger partial charge in [0, 0.05) is 17.2 Å². The van der Waals surface area contributed by atoms with Gasteiger partial charge < -0.3 is 18.9 Å². The fourth-order valence-electron chi connectivity index (χ4n) is 3.84. The number of methoxy groups -OCH3 is 2. The largest absolute Gasteiger partial charge is 0.490 e. The monoisotopic (exact) mass is 545 g/mol. The number of pyridine rings is 1. The molecule has 1 amide bonds. The van der Waals surface area contributed by atoms with Crippen LogP contribution in [-0.4, -0.2) is 59.7 Å². The highest BCUT2D eigenvalue weighted by Crippen LogP contribution is 2.37. The Morgan fingerprint density at radius 2 is 1.82 bits per heavy atom. The van der Waals surface area contributed by atoms with Crippen LogP contribution in [0.5, 0.6) is 17.5 Å². The third-order valence-electron chi connectivity index (χ3n) is 5.66. The lowest BCUT2D eigenvalue weighted by atomic mass is 10.1. The van der Waals surface area contributed by atoms with Crippen molar-refractivity contribution in [2.24, 2.45) is 0 Å². The zero-order valence-corrected chi connectivity index (χ0v) is 22.1. The van der Waals surface area contributed by atoms with Gasteiger partial charge in [0.15, 0.2) is 0 Å². The highest BCUT2D eigenvalue weighted by Gasteiger charge is 2.16. The SMILES string of the molecule is COc1ccc(NC(=O)OCCOc2cc(C)c3nc(-c4cc(C=O)cc5nc(OC)cnc45)sc3c2)cn1. The van der Waals surface area contributed by atoms with E-state index in [-0.39, 0.29) is 13.2 Å². The summed E-state index contributed by atoms with van der Waals surface area (Å²) in [6, 6.07) is 10.5. The van der Waals surface area contributed by atoms with Gasteiger partial charge in [0.1, 0.15) is 30.3 Å². The predicted molar refractivity (Wildman–Crippen MR) is 146 cm³/mol. The summed E-state index contributed by atoms with van der Waals surface area (Å²) in [7, 11) is 3.02. The molecule has 12 heteroatoms. The second kappa shape index (κ2) is 11.3. The summed E-state index contributed by atoms with van der Waals surface area (Å²) >= 11 is 1.45. The molecule has 1 N–H and O–H groups in total. The second-order valence-electron chi connectivity index (χ2n) is 8.27. The summed E-state index contributed by atoms with van der Waals surface area (Å²) in [5.74, 6) is 1.42. The summed E-state index contributed by atoms with van der Waals surface area (Å²) in [6.07, 6.45) is 3.16. The van der Waals surface area contributed by atoms with E-state index in [1.165, 1.54) is 38.0 Å². The van der Waals surface area contributed by atoms with Gasteiger partial charge in [0.2, 0.25) is 11.8 Å². The molecular formula is C27H23N5O6S. The van der Waals surface area contributed by atoms with Crippen LogP contribution in [0.15, 0.2) is 48.8 Å². The quantitative estimate of drug-likeness (QED) is 0.198. The molecule has 11 nitrogen and oxygen atoms in total. The smallest absolute Gasteiger partial charge is 0.411 e. The van der Waals surface area contributed by atoms with Gasteiger partial charge in [-0.05, 0) is 42.8 Å². The molecule has 0 aliphatic heterocycles. The van der Waals surface area contributed by atoms with Crippen molar-refractivity contribution in [3.8, 4) is 28.1 Å². The van der Waals surface area contributed by atoms with E-state index in [2.05, 4.69) is 20.3 Å². The van der Waals surface area contributed by atoms with Crippen molar-refractivity contribution < 1.29 is 28.5 Å². The Morgan fingerprint density at radius 1 is 0.974 bits per heavy atom. The summed E-state index contributed by atoms with van der Waals surface area (Å²) in [5.41, 5.74) is 4.56. The fourth-order valence-corrected chi connectivity index (χ4v) is 4.93. The molecule has 0 bridgehead atoms. The number of aldehydes is 1. The van der Waals surface area contributed by atoms with Gasteiger partial charge in [-0.2, -0.15) is 0 Å². The molecule has 5 aromatic rings. The van der Waals surface area contributed by atoms with Crippen molar-refractivity contribution in [1.29, 1.82) is 0 Å². The van der Waals surface area contributed by atoms with Crippen molar-refractivity contribution in [1.82, 2.24) is 19.9 Å². The minimum atomic E-state index is -0.616. The average molecular weight is 546 g/mol. The number of hydrogen-bond acceptors (Lipinski definition) is 11. The Kier molecular flexibility index (Phi) is 7.46. The number of carbonyl (C=O) groups excluding carboxylic acids is 2. The molecule has 0 unspecified atom stereocenters. The van der Waals surface area contributed by atoms with E-state index in [0.717, 1.165) is 22.1 Å². The van der Waals surface area contributed by atoms with Gasteiger partial charge in [-0.25, -0.2) is 24.7 Å². The first-order valence-electron chi connectivity index (χ1n) is 11.8. The number of nitrogens with one attached hydrogen (secondary N) is 1. The number of nitrogens with zero attached hydrogens (tertiary/aromatic N) is 4. The molecule has 0 radical (unpaired) electrons. The van der Waals surface area contributed by atoms with Gasteiger partial charge in [-0.1, -0.05) is 0 Å². The number of fused-ring (bicyclic) bond motifs is 2. The third kappa shape index (κ3) is 5.70. The summed E-state index contributed by atoms with van der Waals surface area (Å²) in [4.78, 5) is 41.4. The highest BCUT2D eigenvalue weighted by atomic mass is 32.1. The molecule has 0 saturated carbocycles. The summed E-state index contributed by atoms with van der Waals surface area (Å²) in [5, 5.41) is 3.29. The zero-order chi connectivity index (χ0) is 27.4. The van der Waals surface area contributed by atoms with E-state index in [0.29, 0.717) is 50.4 Å². The Bertz CT molecular complexity index is 1670. The summed E-state index contributed by atoms with van der Waals surface area (Å²) < 4.78 is 22.1. The number of carbonyl (C=O) groups is 2. The fraction of sp³-hybridized carbons (Fsp3) is 0.185. The number of ether oxygens (including phenoxy) is 4. The predicted octanol–water partition coefficient (Wildman–Crippen LogP) is 5.07. The van der Waals surface area contributed by atoms with Gasteiger partial charge in [-0.3, -0.25) is 10.1 Å². The number of hydrogen-bond donors (Lipinski definition) is 1. The van der Waals surface area contributed by atoms with Crippen LogP contribution in [0.3, 0.4) is 0 Å². The molecule has 0 saturated heterocycles. The van der Waals surface area contributed by atoms with Crippen molar-refractivity contribution in [3.05, 3.63) is 59.9 Å². The molecule has 39 heavy (non-hydrogen) atoms. The number of thiazole rings is 1. The molecule has 3 heterocycles. The molecule has 0 spiro atoms. The lowest BCUT2D eigenvalue weighted by Gasteiger charge is -2.09. The van der Waals surface area contributed by atoms with Crippen molar-refractivity contribution in [2.45, 2.75) is 6.92 Å². The highest BCUT2D eigenvalue weighted by molar-refractivity contribution is 7.21.